The Kier molecular flexibility index (Phi) is 2.98. The average Bonchev–Trinajstić information content (AvgIpc) is 2.04. The second-order valence-electron chi connectivity index (χ2n) is 2.41. The van der Waals surface area contributed by atoms with Crippen molar-refractivity contribution in [1.82, 2.24) is 4.98 Å². The van der Waals surface area contributed by atoms with Crippen LogP contribution in [0.5, 0.6) is 0 Å². The van der Waals surface area contributed by atoms with Gasteiger partial charge in [-0.15, -0.1) is 0 Å². The fourth-order valence-corrected chi connectivity index (χ4v) is 1.10. The van der Waals surface area contributed by atoms with Gasteiger partial charge in [0.2, 0.25) is 5.56 Å². The van der Waals surface area contributed by atoms with Crippen molar-refractivity contribution in [1.29, 1.82) is 0 Å². The maximum atomic E-state index is 10.8. The number of nitrogens with one attached hydrogen (secondary N) is 1. The average molecular weight is 260 g/mol. The van der Waals surface area contributed by atoms with Gasteiger partial charge in [0.25, 0.3) is 0 Å². The fraction of sp³-hybridized carbons (Fsp3) is 0. The van der Waals surface area contributed by atoms with Crippen molar-refractivity contribution in [3.63, 3.8) is 0 Å². The molecule has 0 spiro atoms. The van der Waals surface area contributed by atoms with Crippen LogP contribution in [0.15, 0.2) is 41.2 Å². The minimum Gasteiger partial charge on any atom is -0.322 e. The third kappa shape index (κ3) is 1.72. The Hall–Kier alpha value is -0.700. The zero-order chi connectivity index (χ0) is 7.68. The van der Waals surface area contributed by atoms with Crippen molar-refractivity contribution < 1.29 is 0 Å². The number of H-pyrrole nitrogens is 1. The number of hydrogen-bond acceptors (Lipinski definition) is 1. The zero-order valence-corrected chi connectivity index (χ0v) is 9.75. The second kappa shape index (κ2) is 3.81. The molecule has 1 heterocycles. The molecule has 57 valence electrons. The Bertz CT molecular complexity index is 435. The molecule has 3 radical (unpaired) electrons. The van der Waals surface area contributed by atoms with Gasteiger partial charge in [-0.05, 0) is 17.5 Å². The molecule has 0 fully saturated rings. The normalized spacial score (nSPS) is 9.33. The van der Waals surface area contributed by atoms with E-state index in [-0.39, 0.29) is 31.4 Å². The quantitative estimate of drug-likeness (QED) is 0.757. The summed E-state index contributed by atoms with van der Waals surface area (Å²) >= 11 is 0. The summed E-state index contributed by atoms with van der Waals surface area (Å²) in [6.07, 6.45) is 0. The van der Waals surface area contributed by atoms with Gasteiger partial charge >= 0.3 is 0 Å². The molecule has 1 aromatic carbocycles. The molecule has 0 atom stereocenters. The molecule has 1 aromatic heterocycles. The standard InChI is InChI=1S/C9H7NO.In/c11-9-6-5-7-3-1-2-4-8(7)10-9;/h1-6H,(H,10,11);. The smallest absolute Gasteiger partial charge is 0.248 e. The topological polar surface area (TPSA) is 32.9 Å². The van der Waals surface area contributed by atoms with E-state index in [4.69, 9.17) is 0 Å². The molecular formula is C9H7InNO. The van der Waals surface area contributed by atoms with Gasteiger partial charge in [-0.25, -0.2) is 0 Å². The number of para-hydroxylation sites is 1. The first-order valence-electron chi connectivity index (χ1n) is 3.44. The molecule has 1 N–H and O–H groups in total. The van der Waals surface area contributed by atoms with E-state index in [1.165, 1.54) is 6.07 Å². The largest absolute Gasteiger partial charge is 0.322 e. The van der Waals surface area contributed by atoms with Gasteiger partial charge < -0.3 is 4.98 Å². The van der Waals surface area contributed by atoms with Crippen LogP contribution in [0.4, 0.5) is 0 Å². The molecule has 12 heavy (non-hydrogen) atoms. The number of pyridine rings is 1. The summed E-state index contributed by atoms with van der Waals surface area (Å²) in [4.78, 5) is 13.6. The number of rotatable bonds is 0. The predicted octanol–water partition coefficient (Wildman–Crippen LogP) is 1.15. The Balaban J connectivity index is 0.000000720. The molecule has 0 aliphatic heterocycles. The van der Waals surface area contributed by atoms with Crippen molar-refractivity contribution in [2.45, 2.75) is 0 Å². The predicted molar refractivity (Wildman–Crippen MR) is 50.3 cm³/mol. The van der Waals surface area contributed by atoms with Crippen LogP contribution in [0.1, 0.15) is 0 Å². The summed E-state index contributed by atoms with van der Waals surface area (Å²) in [6, 6.07) is 11.0. The van der Waals surface area contributed by atoms with Crippen LogP contribution in [-0.4, -0.2) is 30.8 Å². The first-order chi connectivity index (χ1) is 5.36. The van der Waals surface area contributed by atoms with Crippen molar-refractivity contribution in [3.8, 4) is 0 Å². The van der Waals surface area contributed by atoms with Gasteiger partial charge in [0, 0.05) is 37.4 Å². The van der Waals surface area contributed by atoms with E-state index in [1.807, 2.05) is 30.3 Å². The molecule has 2 rings (SSSR count). The van der Waals surface area contributed by atoms with Crippen molar-refractivity contribution >= 4 is 36.7 Å². The molecule has 0 unspecified atom stereocenters. The van der Waals surface area contributed by atoms with Crippen LogP contribution >= 0.6 is 0 Å². The van der Waals surface area contributed by atoms with E-state index in [1.54, 1.807) is 0 Å². The fourth-order valence-electron chi connectivity index (χ4n) is 1.10. The van der Waals surface area contributed by atoms with E-state index < -0.39 is 0 Å². The van der Waals surface area contributed by atoms with Crippen LogP contribution in [0.3, 0.4) is 0 Å². The summed E-state index contributed by atoms with van der Waals surface area (Å²) < 4.78 is 0. The van der Waals surface area contributed by atoms with Gasteiger partial charge in [0.1, 0.15) is 0 Å². The first kappa shape index (κ1) is 9.39. The van der Waals surface area contributed by atoms with Crippen LogP contribution in [0.2, 0.25) is 0 Å². The minimum atomic E-state index is -0.0521. The summed E-state index contributed by atoms with van der Waals surface area (Å²) in [5, 5.41) is 1.06. The number of benzene rings is 1. The Labute approximate surface area is 88.4 Å². The van der Waals surface area contributed by atoms with Crippen LogP contribution < -0.4 is 5.56 Å². The summed E-state index contributed by atoms with van der Waals surface area (Å²) in [5.41, 5.74) is 0.837. The zero-order valence-electron chi connectivity index (χ0n) is 6.45. The van der Waals surface area contributed by atoms with E-state index in [9.17, 15) is 4.79 Å². The molecule has 0 aliphatic rings. The maximum absolute atomic E-state index is 10.8. The molecule has 0 amide bonds. The summed E-state index contributed by atoms with van der Waals surface area (Å²) in [6.45, 7) is 0. The molecule has 2 aromatic rings. The molecular weight excluding hydrogens is 253 g/mol. The van der Waals surface area contributed by atoms with Crippen LogP contribution in [-0.2, 0) is 0 Å². The van der Waals surface area contributed by atoms with E-state index in [0.29, 0.717) is 0 Å². The van der Waals surface area contributed by atoms with E-state index in [0.717, 1.165) is 10.9 Å². The minimum absolute atomic E-state index is 0. The monoisotopic (exact) mass is 260 g/mol. The number of fused-ring (bicyclic) bond motifs is 1. The van der Waals surface area contributed by atoms with Gasteiger partial charge in [-0.2, -0.15) is 0 Å². The summed E-state index contributed by atoms with van der Waals surface area (Å²) in [7, 11) is 0. The maximum Gasteiger partial charge on any atom is 0.248 e. The second-order valence-corrected chi connectivity index (χ2v) is 2.41. The van der Waals surface area contributed by atoms with Gasteiger partial charge in [0.15, 0.2) is 0 Å². The van der Waals surface area contributed by atoms with Crippen LogP contribution in [0, 0.1) is 0 Å². The van der Waals surface area contributed by atoms with Gasteiger partial charge in [-0.3, -0.25) is 4.79 Å². The Morgan fingerprint density at radius 2 is 1.75 bits per heavy atom. The van der Waals surface area contributed by atoms with Crippen molar-refractivity contribution in [3.05, 3.63) is 46.8 Å². The Morgan fingerprint density at radius 3 is 2.58 bits per heavy atom. The molecule has 0 bridgehead atoms. The molecule has 0 aliphatic carbocycles. The van der Waals surface area contributed by atoms with E-state index in [2.05, 4.69) is 4.98 Å². The first-order valence-corrected chi connectivity index (χ1v) is 3.44. The molecule has 3 heteroatoms. The number of hydrogen-bond donors (Lipinski definition) is 1. The molecule has 0 saturated carbocycles. The van der Waals surface area contributed by atoms with Crippen molar-refractivity contribution in [2.75, 3.05) is 0 Å². The number of aromatic amines is 1. The third-order valence-electron chi connectivity index (χ3n) is 1.63. The van der Waals surface area contributed by atoms with Gasteiger partial charge in [-0.1, -0.05) is 18.2 Å². The third-order valence-corrected chi connectivity index (χ3v) is 1.63. The molecule has 0 saturated heterocycles. The van der Waals surface area contributed by atoms with Crippen molar-refractivity contribution in [2.24, 2.45) is 0 Å². The van der Waals surface area contributed by atoms with Crippen LogP contribution in [0.25, 0.3) is 10.9 Å². The van der Waals surface area contributed by atoms with E-state index >= 15 is 0 Å². The number of aromatic nitrogens is 1. The Morgan fingerprint density at radius 1 is 1.00 bits per heavy atom. The molecule has 2 nitrogen and oxygen atoms in total. The van der Waals surface area contributed by atoms with Gasteiger partial charge in [0.05, 0.1) is 0 Å². The summed E-state index contributed by atoms with van der Waals surface area (Å²) in [5.74, 6) is 0. The SMILES string of the molecule is O=c1ccc2ccccc2[nH]1.[In].